The summed E-state index contributed by atoms with van der Waals surface area (Å²) in [6.45, 7) is 3.47. The van der Waals surface area contributed by atoms with E-state index in [4.69, 9.17) is 0 Å². The lowest BCUT2D eigenvalue weighted by atomic mass is 10.1. The number of aliphatic hydroxyl groups is 1. The monoisotopic (exact) mass is 475 g/mol. The Bertz CT molecular complexity index is 469. The number of carbonyl (C=O) groups excluding carboxylic acids is 1. The van der Waals surface area contributed by atoms with Gasteiger partial charge in [0.25, 0.3) is 5.91 Å². The molecule has 1 amide bonds. The Balaban J connectivity index is 3.04. The minimum atomic E-state index is -0.963. The molecule has 1 aromatic rings. The van der Waals surface area contributed by atoms with Gasteiger partial charge in [-0.1, -0.05) is 0 Å². The Labute approximate surface area is 134 Å². The molecule has 0 saturated carbocycles. The lowest BCUT2D eigenvalue weighted by Gasteiger charge is -2.26. The number of rotatable bonds is 3. The molecule has 1 rings (SSSR count). The van der Waals surface area contributed by atoms with Gasteiger partial charge < -0.3 is 15.1 Å². The van der Waals surface area contributed by atoms with Crippen molar-refractivity contribution in [2.45, 2.75) is 19.4 Å². The highest BCUT2D eigenvalue weighted by atomic mass is 127. The van der Waals surface area contributed by atoms with Crippen molar-refractivity contribution in [1.82, 2.24) is 4.90 Å². The molecule has 0 aliphatic carbocycles. The number of hydrogen-bond acceptors (Lipinski definition) is 3. The Kier molecular flexibility index (Phi) is 5.24. The van der Waals surface area contributed by atoms with Crippen molar-refractivity contribution in [1.29, 1.82) is 0 Å². The van der Waals surface area contributed by atoms with E-state index in [1.54, 1.807) is 33.0 Å². The third-order valence-electron chi connectivity index (χ3n) is 2.23. The number of halogens is 2. The van der Waals surface area contributed by atoms with Crippen LogP contribution in [0.1, 0.15) is 24.2 Å². The normalized spacial score (nSPS) is 11.4. The van der Waals surface area contributed by atoms with Crippen LogP contribution in [0.5, 0.6) is 5.75 Å². The average Bonchev–Trinajstić information content (AvgIpc) is 2.19. The first-order valence-electron chi connectivity index (χ1n) is 5.27. The number of aromatic hydroxyl groups is 1. The summed E-state index contributed by atoms with van der Waals surface area (Å²) in [6.07, 6.45) is 0. The highest BCUT2D eigenvalue weighted by Gasteiger charge is 2.23. The van der Waals surface area contributed by atoms with Gasteiger partial charge in [0, 0.05) is 17.2 Å². The fourth-order valence-corrected chi connectivity index (χ4v) is 3.43. The van der Waals surface area contributed by atoms with Gasteiger partial charge in [0.05, 0.1) is 14.7 Å². The highest BCUT2D eigenvalue weighted by Crippen LogP contribution is 2.28. The van der Waals surface area contributed by atoms with E-state index < -0.39 is 5.60 Å². The summed E-state index contributed by atoms with van der Waals surface area (Å²) in [7, 11) is 1.60. The molecule has 2 N–H and O–H groups in total. The number of hydrogen-bond donors (Lipinski definition) is 2. The molecule has 0 saturated heterocycles. The molecule has 0 bridgehead atoms. The van der Waals surface area contributed by atoms with Gasteiger partial charge in [-0.3, -0.25) is 4.79 Å². The zero-order chi connectivity index (χ0) is 14.1. The molecule has 0 fully saturated rings. The number of amides is 1. The molecule has 0 aromatic heterocycles. The molecule has 4 nitrogen and oxygen atoms in total. The summed E-state index contributed by atoms with van der Waals surface area (Å²) in [6, 6.07) is 3.43. The Morgan fingerprint density at radius 3 is 2.44 bits per heavy atom. The van der Waals surface area contributed by atoms with Crippen LogP contribution in [0.25, 0.3) is 0 Å². The Morgan fingerprint density at radius 2 is 1.94 bits per heavy atom. The quantitative estimate of drug-likeness (QED) is 0.661. The van der Waals surface area contributed by atoms with Crippen molar-refractivity contribution < 1.29 is 15.0 Å². The minimum absolute atomic E-state index is 0.0105. The van der Waals surface area contributed by atoms with E-state index in [9.17, 15) is 15.0 Å². The van der Waals surface area contributed by atoms with Gasteiger partial charge in [-0.05, 0) is 71.2 Å². The largest absolute Gasteiger partial charge is 0.506 e. The second-order valence-electron chi connectivity index (χ2n) is 4.76. The lowest BCUT2D eigenvalue weighted by Crippen LogP contribution is -2.39. The average molecular weight is 475 g/mol. The van der Waals surface area contributed by atoms with Gasteiger partial charge >= 0.3 is 0 Å². The van der Waals surface area contributed by atoms with Crippen LogP contribution in [-0.4, -0.2) is 40.2 Å². The van der Waals surface area contributed by atoms with Gasteiger partial charge in [0.2, 0.25) is 0 Å². The van der Waals surface area contributed by atoms with Crippen LogP contribution in [0.2, 0.25) is 0 Å². The molecule has 0 unspecified atom stereocenters. The molecular weight excluding hydrogens is 460 g/mol. The summed E-state index contributed by atoms with van der Waals surface area (Å²) in [5, 5.41) is 19.6. The van der Waals surface area contributed by atoms with Gasteiger partial charge in [-0.2, -0.15) is 0 Å². The first-order chi connectivity index (χ1) is 8.11. The lowest BCUT2D eigenvalue weighted by molar-refractivity contribution is 0.0366. The van der Waals surface area contributed by atoms with Gasteiger partial charge in [0.1, 0.15) is 5.75 Å². The van der Waals surface area contributed by atoms with Crippen molar-refractivity contribution in [3.05, 3.63) is 24.8 Å². The smallest absolute Gasteiger partial charge is 0.257 e. The minimum Gasteiger partial charge on any atom is -0.506 e. The van der Waals surface area contributed by atoms with Crippen LogP contribution in [0.3, 0.4) is 0 Å². The van der Waals surface area contributed by atoms with E-state index in [0.717, 1.165) is 3.57 Å². The zero-order valence-corrected chi connectivity index (χ0v) is 14.7. The molecule has 0 aliphatic heterocycles. The molecule has 1 aromatic carbocycles. The van der Waals surface area contributed by atoms with Crippen molar-refractivity contribution in [2.75, 3.05) is 13.6 Å². The van der Waals surface area contributed by atoms with Crippen LogP contribution in [0.15, 0.2) is 12.1 Å². The van der Waals surface area contributed by atoms with Gasteiger partial charge in [0.15, 0.2) is 0 Å². The van der Waals surface area contributed by atoms with E-state index in [2.05, 4.69) is 22.6 Å². The van der Waals surface area contributed by atoms with Crippen LogP contribution >= 0.6 is 45.2 Å². The maximum absolute atomic E-state index is 12.2. The molecule has 0 heterocycles. The summed E-state index contributed by atoms with van der Waals surface area (Å²) < 4.78 is 1.52. The topological polar surface area (TPSA) is 60.8 Å². The Morgan fingerprint density at radius 1 is 1.39 bits per heavy atom. The van der Waals surface area contributed by atoms with Crippen molar-refractivity contribution in [2.24, 2.45) is 0 Å². The molecule has 0 radical (unpaired) electrons. The molecule has 0 atom stereocenters. The summed E-state index contributed by atoms with van der Waals surface area (Å²) in [4.78, 5) is 13.6. The molecule has 100 valence electrons. The number of likely N-dealkylation sites (N-methyl/N-ethyl adjacent to an activating group) is 1. The molecule has 0 spiro atoms. The molecule has 18 heavy (non-hydrogen) atoms. The van der Waals surface area contributed by atoms with Crippen LogP contribution < -0.4 is 0 Å². The predicted molar refractivity (Wildman–Crippen MR) is 86.8 cm³/mol. The highest BCUT2D eigenvalue weighted by molar-refractivity contribution is 14.1. The van der Waals surface area contributed by atoms with Crippen LogP contribution in [0, 0.1) is 7.14 Å². The maximum atomic E-state index is 12.2. The number of benzene rings is 1. The second-order valence-corrected chi connectivity index (χ2v) is 7.17. The fraction of sp³-hybridized carbons (Fsp3) is 0.417. The predicted octanol–water partition coefficient (Wildman–Crippen LogP) is 2.44. The number of nitrogens with zero attached hydrogens (tertiary/aromatic N) is 1. The Hall–Kier alpha value is -0.0900. The van der Waals surface area contributed by atoms with Crippen LogP contribution in [0.4, 0.5) is 0 Å². The van der Waals surface area contributed by atoms with E-state index in [1.807, 2.05) is 22.6 Å². The summed E-state index contributed by atoms with van der Waals surface area (Å²) in [5.41, 5.74) is -0.701. The van der Waals surface area contributed by atoms with E-state index in [0.29, 0.717) is 3.57 Å². The SMILES string of the molecule is CN(CC(C)(C)O)C(=O)c1cc(I)cc(I)c1O. The first kappa shape index (κ1) is 16.0. The maximum Gasteiger partial charge on any atom is 0.257 e. The third kappa shape index (κ3) is 4.23. The van der Waals surface area contributed by atoms with Crippen molar-refractivity contribution in [3.8, 4) is 5.75 Å². The fourth-order valence-electron chi connectivity index (χ4n) is 1.59. The van der Waals surface area contributed by atoms with Crippen LogP contribution in [-0.2, 0) is 0 Å². The van der Waals surface area contributed by atoms with Gasteiger partial charge in [-0.15, -0.1) is 0 Å². The summed E-state index contributed by atoms with van der Waals surface area (Å²) >= 11 is 4.08. The molecule has 6 heteroatoms. The third-order valence-corrected chi connectivity index (χ3v) is 3.67. The van der Waals surface area contributed by atoms with Crippen molar-refractivity contribution >= 4 is 51.1 Å². The standard InChI is InChI=1S/C12H15I2NO3/c1-12(2,18)6-15(3)11(17)8-4-7(13)5-9(14)10(8)16/h4-5,16,18H,6H2,1-3H3. The number of carbonyl (C=O) groups is 1. The van der Waals surface area contributed by atoms with Crippen molar-refractivity contribution in [3.63, 3.8) is 0 Å². The molecule has 0 aliphatic rings. The zero-order valence-electron chi connectivity index (χ0n) is 10.4. The van der Waals surface area contributed by atoms with E-state index >= 15 is 0 Å². The molecular formula is C12H15I2NO3. The van der Waals surface area contributed by atoms with E-state index in [-0.39, 0.29) is 23.8 Å². The first-order valence-corrected chi connectivity index (χ1v) is 7.43. The van der Waals surface area contributed by atoms with Gasteiger partial charge in [-0.25, -0.2) is 0 Å². The number of phenolic OH excluding ortho intramolecular Hbond substituents is 1. The number of phenols is 1. The summed E-state index contributed by atoms with van der Waals surface area (Å²) in [5.74, 6) is -0.310. The second kappa shape index (κ2) is 5.91. The van der Waals surface area contributed by atoms with E-state index in [1.165, 1.54) is 4.90 Å².